The second kappa shape index (κ2) is 11.8. The number of methoxy groups -OCH3 is 1. The Balaban J connectivity index is 1.54. The van der Waals surface area contributed by atoms with Gasteiger partial charge >= 0.3 is 0 Å². The van der Waals surface area contributed by atoms with E-state index < -0.39 is 0 Å². The molecule has 0 aliphatic carbocycles. The van der Waals surface area contributed by atoms with E-state index in [1.807, 2.05) is 103 Å². The number of ether oxygens (including phenoxy) is 2. The lowest BCUT2D eigenvalue weighted by Gasteiger charge is -2.24. The van der Waals surface area contributed by atoms with Gasteiger partial charge in [-0.3, -0.25) is 9.78 Å². The van der Waals surface area contributed by atoms with Gasteiger partial charge in [0.15, 0.2) is 11.5 Å². The number of carbonyl (C=O) groups is 1. The first-order chi connectivity index (χ1) is 17.1. The van der Waals surface area contributed by atoms with Crippen LogP contribution in [0.15, 0.2) is 97.2 Å². The number of hydrogen-bond donors (Lipinski definition) is 0. The van der Waals surface area contributed by atoms with E-state index in [4.69, 9.17) is 9.47 Å². The van der Waals surface area contributed by atoms with E-state index in [2.05, 4.69) is 4.98 Å². The van der Waals surface area contributed by atoms with Crippen LogP contribution in [-0.4, -0.2) is 29.4 Å². The van der Waals surface area contributed by atoms with Gasteiger partial charge < -0.3 is 14.4 Å². The molecule has 1 heterocycles. The summed E-state index contributed by atoms with van der Waals surface area (Å²) in [7, 11) is 1.63. The Morgan fingerprint density at radius 2 is 1.63 bits per heavy atom. The van der Waals surface area contributed by atoms with Crippen LogP contribution >= 0.6 is 0 Å². The number of amides is 1. The van der Waals surface area contributed by atoms with Gasteiger partial charge in [0.2, 0.25) is 0 Å². The van der Waals surface area contributed by atoms with Crippen molar-refractivity contribution < 1.29 is 14.3 Å². The number of benzene rings is 3. The normalized spacial score (nSPS) is 10.6. The van der Waals surface area contributed by atoms with Crippen molar-refractivity contribution in [2.24, 2.45) is 0 Å². The van der Waals surface area contributed by atoms with Gasteiger partial charge in [-0.05, 0) is 54.4 Å². The monoisotopic (exact) mass is 466 g/mol. The van der Waals surface area contributed by atoms with E-state index in [1.54, 1.807) is 13.3 Å². The van der Waals surface area contributed by atoms with Gasteiger partial charge in [0.05, 0.1) is 7.11 Å². The molecule has 0 aliphatic heterocycles. The van der Waals surface area contributed by atoms with Gasteiger partial charge in [-0.2, -0.15) is 0 Å². The molecule has 1 aromatic heterocycles. The van der Waals surface area contributed by atoms with Gasteiger partial charge in [-0.15, -0.1) is 0 Å². The highest BCUT2D eigenvalue weighted by Crippen LogP contribution is 2.29. The Morgan fingerprint density at radius 1 is 0.857 bits per heavy atom. The molecule has 0 aliphatic rings. The Kier molecular flexibility index (Phi) is 8.12. The SMILES string of the molecule is COc1ccc(CN(CCc2ccccn2)C(=O)c2ccc(C)cc2)cc1OCc1ccccc1. The van der Waals surface area contributed by atoms with Crippen molar-refractivity contribution in [1.29, 1.82) is 0 Å². The van der Waals surface area contributed by atoms with E-state index in [0.717, 1.165) is 22.4 Å². The predicted molar refractivity (Wildman–Crippen MR) is 138 cm³/mol. The zero-order chi connectivity index (χ0) is 24.5. The topological polar surface area (TPSA) is 51.7 Å². The fourth-order valence-corrected chi connectivity index (χ4v) is 3.81. The Morgan fingerprint density at radius 3 is 2.34 bits per heavy atom. The molecule has 0 saturated carbocycles. The van der Waals surface area contributed by atoms with Crippen molar-refractivity contribution in [2.45, 2.75) is 26.5 Å². The zero-order valence-corrected chi connectivity index (χ0v) is 20.2. The standard InChI is InChI=1S/C30H30N2O3/c1-23-11-14-26(15-12-23)30(33)32(19-17-27-10-6-7-18-31-27)21-25-13-16-28(34-2)29(20-25)35-22-24-8-4-3-5-9-24/h3-16,18,20H,17,19,21-22H2,1-2H3. The Bertz CT molecular complexity index is 1230. The van der Waals surface area contributed by atoms with Crippen LogP contribution in [0.5, 0.6) is 11.5 Å². The van der Waals surface area contributed by atoms with Crippen molar-refractivity contribution in [3.8, 4) is 11.5 Å². The Labute approximate surface area is 207 Å². The average molecular weight is 467 g/mol. The van der Waals surface area contributed by atoms with Crippen LogP contribution in [0, 0.1) is 6.92 Å². The molecular weight excluding hydrogens is 436 g/mol. The maximum atomic E-state index is 13.5. The fraction of sp³-hybridized carbons (Fsp3) is 0.200. The van der Waals surface area contributed by atoms with Crippen LogP contribution in [0.4, 0.5) is 0 Å². The molecule has 5 heteroatoms. The second-order valence-electron chi connectivity index (χ2n) is 8.42. The molecule has 4 aromatic rings. The Hall–Kier alpha value is -4.12. The van der Waals surface area contributed by atoms with Crippen LogP contribution < -0.4 is 9.47 Å². The summed E-state index contributed by atoms with van der Waals surface area (Å²) in [6.45, 7) is 3.45. The maximum Gasteiger partial charge on any atom is 0.254 e. The molecular formula is C30H30N2O3. The summed E-state index contributed by atoms with van der Waals surface area (Å²) in [5.74, 6) is 1.30. The van der Waals surface area contributed by atoms with Gasteiger partial charge in [0, 0.05) is 37.0 Å². The molecule has 1 amide bonds. The summed E-state index contributed by atoms with van der Waals surface area (Å²) in [4.78, 5) is 19.7. The van der Waals surface area contributed by atoms with Crippen molar-refractivity contribution in [3.63, 3.8) is 0 Å². The van der Waals surface area contributed by atoms with Crippen LogP contribution in [0.1, 0.15) is 32.7 Å². The highest BCUT2D eigenvalue weighted by molar-refractivity contribution is 5.94. The number of carbonyl (C=O) groups excluding carboxylic acids is 1. The maximum absolute atomic E-state index is 13.5. The summed E-state index contributed by atoms with van der Waals surface area (Å²) >= 11 is 0. The first kappa shape index (κ1) is 24.0. The third-order valence-electron chi connectivity index (χ3n) is 5.79. The van der Waals surface area contributed by atoms with E-state index in [9.17, 15) is 4.79 Å². The number of aromatic nitrogens is 1. The van der Waals surface area contributed by atoms with Crippen molar-refractivity contribution in [2.75, 3.05) is 13.7 Å². The average Bonchev–Trinajstić information content (AvgIpc) is 2.91. The third kappa shape index (κ3) is 6.70. The van der Waals surface area contributed by atoms with Crippen molar-refractivity contribution in [3.05, 3.63) is 125 Å². The van der Waals surface area contributed by atoms with Crippen LogP contribution in [-0.2, 0) is 19.6 Å². The molecule has 0 bridgehead atoms. The van der Waals surface area contributed by atoms with E-state index >= 15 is 0 Å². The highest BCUT2D eigenvalue weighted by Gasteiger charge is 2.18. The van der Waals surface area contributed by atoms with E-state index in [-0.39, 0.29) is 5.91 Å². The van der Waals surface area contributed by atoms with E-state index in [1.165, 1.54) is 0 Å². The van der Waals surface area contributed by atoms with Crippen LogP contribution in [0.2, 0.25) is 0 Å². The molecule has 0 atom stereocenters. The van der Waals surface area contributed by atoms with Crippen molar-refractivity contribution in [1.82, 2.24) is 9.88 Å². The molecule has 178 valence electrons. The predicted octanol–water partition coefficient (Wildman–Crippen LogP) is 5.86. The van der Waals surface area contributed by atoms with Gasteiger partial charge in [-0.1, -0.05) is 60.2 Å². The molecule has 4 rings (SSSR count). The number of aryl methyl sites for hydroxylation is 1. The first-order valence-electron chi connectivity index (χ1n) is 11.7. The minimum atomic E-state index is -0.0106. The van der Waals surface area contributed by atoms with Crippen LogP contribution in [0.3, 0.4) is 0 Å². The summed E-state index contributed by atoms with van der Waals surface area (Å²) in [6, 6.07) is 29.4. The molecule has 0 fully saturated rings. The molecule has 3 aromatic carbocycles. The number of hydrogen-bond acceptors (Lipinski definition) is 4. The third-order valence-corrected chi connectivity index (χ3v) is 5.79. The quantitative estimate of drug-likeness (QED) is 0.294. The van der Waals surface area contributed by atoms with Crippen LogP contribution in [0.25, 0.3) is 0 Å². The minimum Gasteiger partial charge on any atom is -0.493 e. The molecule has 0 N–H and O–H groups in total. The number of pyridine rings is 1. The van der Waals surface area contributed by atoms with E-state index in [0.29, 0.717) is 43.2 Å². The smallest absolute Gasteiger partial charge is 0.254 e. The fourth-order valence-electron chi connectivity index (χ4n) is 3.81. The molecule has 0 unspecified atom stereocenters. The number of rotatable bonds is 10. The lowest BCUT2D eigenvalue weighted by molar-refractivity contribution is 0.0744. The molecule has 0 saturated heterocycles. The lowest BCUT2D eigenvalue weighted by atomic mass is 10.1. The summed E-state index contributed by atoms with van der Waals surface area (Å²) < 4.78 is 11.6. The summed E-state index contributed by atoms with van der Waals surface area (Å²) in [6.07, 6.45) is 2.45. The van der Waals surface area contributed by atoms with Gasteiger partial charge in [0.1, 0.15) is 6.61 Å². The molecule has 0 radical (unpaired) electrons. The highest BCUT2D eigenvalue weighted by atomic mass is 16.5. The second-order valence-corrected chi connectivity index (χ2v) is 8.42. The largest absolute Gasteiger partial charge is 0.493 e. The zero-order valence-electron chi connectivity index (χ0n) is 20.2. The van der Waals surface area contributed by atoms with Gasteiger partial charge in [-0.25, -0.2) is 0 Å². The van der Waals surface area contributed by atoms with Gasteiger partial charge in [0.25, 0.3) is 5.91 Å². The molecule has 35 heavy (non-hydrogen) atoms. The molecule has 5 nitrogen and oxygen atoms in total. The van der Waals surface area contributed by atoms with Crippen molar-refractivity contribution >= 4 is 5.91 Å². The molecule has 0 spiro atoms. The minimum absolute atomic E-state index is 0.0106. The first-order valence-corrected chi connectivity index (χ1v) is 11.7. The summed E-state index contributed by atoms with van der Waals surface area (Å²) in [5, 5.41) is 0. The number of nitrogens with zero attached hydrogens (tertiary/aromatic N) is 2. The lowest BCUT2D eigenvalue weighted by Crippen LogP contribution is -2.32. The summed E-state index contributed by atoms with van der Waals surface area (Å²) in [5.41, 5.74) is 4.79.